The summed E-state index contributed by atoms with van der Waals surface area (Å²) in [5, 5.41) is 0.0918. The minimum atomic E-state index is -0.744. The van der Waals surface area contributed by atoms with Gasteiger partial charge in [-0.25, -0.2) is 27.5 Å². The highest BCUT2D eigenvalue weighted by atomic mass is 35.5. The van der Waals surface area contributed by atoms with Gasteiger partial charge in [0, 0.05) is 17.5 Å². The van der Waals surface area contributed by atoms with Crippen LogP contribution in [0.4, 0.5) is 8.78 Å². The molecular formula is C15H13ClF2N4OS. The number of rotatable bonds is 3. The van der Waals surface area contributed by atoms with Gasteiger partial charge in [-0.2, -0.15) is 0 Å². The summed E-state index contributed by atoms with van der Waals surface area (Å²) in [4.78, 5) is 21.0. The van der Waals surface area contributed by atoms with Crippen LogP contribution in [-0.2, 0) is 6.54 Å². The van der Waals surface area contributed by atoms with Crippen LogP contribution in [0.5, 0.6) is 0 Å². The molecule has 0 fully saturated rings. The maximum absolute atomic E-state index is 13.9. The van der Waals surface area contributed by atoms with E-state index in [1.807, 2.05) is 13.8 Å². The van der Waals surface area contributed by atoms with Gasteiger partial charge in [0.05, 0.1) is 6.54 Å². The topological polar surface area (TPSA) is 52.7 Å². The van der Waals surface area contributed by atoms with Crippen molar-refractivity contribution in [3.8, 4) is 0 Å². The van der Waals surface area contributed by atoms with Crippen molar-refractivity contribution in [1.82, 2.24) is 18.5 Å². The van der Waals surface area contributed by atoms with E-state index in [1.54, 1.807) is 0 Å². The van der Waals surface area contributed by atoms with Gasteiger partial charge in [-0.05, 0) is 6.07 Å². The Kier molecular flexibility index (Phi) is 4.35. The molecule has 3 rings (SSSR count). The molecular weight excluding hydrogens is 358 g/mol. The van der Waals surface area contributed by atoms with E-state index in [0.717, 1.165) is 16.1 Å². The number of hydrogen-bond acceptors (Lipinski definition) is 4. The number of halogens is 3. The number of hydrogen-bond donors (Lipinski definition) is 1. The Morgan fingerprint density at radius 1 is 1.29 bits per heavy atom. The maximum atomic E-state index is 13.9. The second-order valence-corrected chi connectivity index (χ2v) is 6.37. The minimum absolute atomic E-state index is 0.0127. The fourth-order valence-corrected chi connectivity index (χ4v) is 2.93. The van der Waals surface area contributed by atoms with E-state index in [2.05, 4.69) is 22.8 Å². The zero-order chi connectivity index (χ0) is 17.6. The molecule has 24 heavy (non-hydrogen) atoms. The molecule has 3 aromatic rings. The molecule has 5 nitrogen and oxygen atoms in total. The van der Waals surface area contributed by atoms with Crippen molar-refractivity contribution in [2.45, 2.75) is 26.3 Å². The summed E-state index contributed by atoms with van der Waals surface area (Å²) in [6.07, 6.45) is 0. The molecule has 0 N–H and O–H groups in total. The molecule has 0 saturated heterocycles. The summed E-state index contributed by atoms with van der Waals surface area (Å²) in [6, 6.07) is 3.18. The number of aromatic nitrogens is 4. The fourth-order valence-electron chi connectivity index (χ4n) is 2.32. The summed E-state index contributed by atoms with van der Waals surface area (Å²) in [7, 11) is 0. The molecule has 2 aromatic heterocycles. The Bertz CT molecular complexity index is 999. The molecule has 0 unspecified atom stereocenters. The van der Waals surface area contributed by atoms with Gasteiger partial charge in [-0.15, -0.1) is 0 Å². The summed E-state index contributed by atoms with van der Waals surface area (Å²) >= 11 is 10.3. The van der Waals surface area contributed by atoms with Gasteiger partial charge in [0.2, 0.25) is 0 Å². The van der Waals surface area contributed by atoms with Crippen molar-refractivity contribution in [3.63, 3.8) is 0 Å². The van der Waals surface area contributed by atoms with Gasteiger partial charge < -0.3 is 0 Å². The van der Waals surface area contributed by atoms with Gasteiger partial charge in [-0.1, -0.05) is 44.3 Å². The van der Waals surface area contributed by atoms with Crippen molar-refractivity contribution >= 4 is 35.6 Å². The Labute approximate surface area is 146 Å². The second-order valence-electron chi connectivity index (χ2n) is 5.62. The number of benzene rings is 1. The SMILES string of the molecule is CC(C)c1nc(Cl)c2c(n1)n(Cc1ccc(F)cc1F)c(=O)n2S. The molecule has 2 heterocycles. The van der Waals surface area contributed by atoms with E-state index in [-0.39, 0.29) is 34.3 Å². The van der Waals surface area contributed by atoms with Crippen LogP contribution in [0.3, 0.4) is 0 Å². The van der Waals surface area contributed by atoms with Crippen LogP contribution in [0.15, 0.2) is 23.0 Å². The normalized spacial score (nSPS) is 11.6. The molecule has 0 aliphatic rings. The lowest BCUT2D eigenvalue weighted by atomic mass is 10.2. The first-order valence-corrected chi connectivity index (χ1v) is 7.89. The van der Waals surface area contributed by atoms with Crippen LogP contribution >= 0.6 is 24.4 Å². The van der Waals surface area contributed by atoms with E-state index < -0.39 is 17.3 Å². The standard InChI is InChI=1S/C15H13ClF2N4OS/c1-7(2)13-19-12(16)11-14(20-13)21(15(23)22(11)24)6-8-3-4-9(17)5-10(8)18/h3-5,7,24H,6H2,1-2H3. The highest BCUT2D eigenvalue weighted by molar-refractivity contribution is 7.78. The van der Waals surface area contributed by atoms with Crippen molar-refractivity contribution in [1.29, 1.82) is 0 Å². The Balaban J connectivity index is 2.23. The first-order chi connectivity index (χ1) is 11.3. The molecule has 0 spiro atoms. The van der Waals surface area contributed by atoms with Crippen LogP contribution in [0.25, 0.3) is 11.2 Å². The average Bonchev–Trinajstić information content (AvgIpc) is 2.75. The summed E-state index contributed by atoms with van der Waals surface area (Å²) < 4.78 is 29.2. The fraction of sp³-hybridized carbons (Fsp3) is 0.267. The first-order valence-electron chi connectivity index (χ1n) is 7.11. The van der Waals surface area contributed by atoms with Crippen LogP contribution in [0.1, 0.15) is 31.2 Å². The molecule has 126 valence electrons. The molecule has 0 saturated carbocycles. The molecule has 0 bridgehead atoms. The summed E-state index contributed by atoms with van der Waals surface area (Å²) in [6.45, 7) is 3.65. The van der Waals surface area contributed by atoms with Gasteiger partial charge >= 0.3 is 5.69 Å². The van der Waals surface area contributed by atoms with Crippen molar-refractivity contribution in [3.05, 3.63) is 56.9 Å². The lowest BCUT2D eigenvalue weighted by Gasteiger charge is -2.07. The number of fused-ring (bicyclic) bond motifs is 1. The highest BCUT2D eigenvalue weighted by Gasteiger charge is 2.20. The van der Waals surface area contributed by atoms with E-state index >= 15 is 0 Å². The smallest absolute Gasteiger partial charge is 0.271 e. The first kappa shape index (κ1) is 16.9. The largest absolute Gasteiger partial charge is 0.340 e. The predicted molar refractivity (Wildman–Crippen MR) is 90.7 cm³/mol. The lowest BCUT2D eigenvalue weighted by molar-refractivity contribution is 0.565. The molecule has 1 aromatic carbocycles. The predicted octanol–water partition coefficient (Wildman–Crippen LogP) is 3.39. The lowest BCUT2D eigenvalue weighted by Crippen LogP contribution is -2.21. The maximum Gasteiger partial charge on any atom is 0.340 e. The third-order valence-electron chi connectivity index (χ3n) is 3.58. The van der Waals surface area contributed by atoms with Crippen LogP contribution in [0.2, 0.25) is 5.15 Å². The van der Waals surface area contributed by atoms with Crippen LogP contribution < -0.4 is 5.69 Å². The third kappa shape index (κ3) is 2.80. The van der Waals surface area contributed by atoms with Gasteiger partial charge in [0.1, 0.15) is 23.0 Å². The quantitative estimate of drug-likeness (QED) is 0.568. The minimum Gasteiger partial charge on any atom is -0.271 e. The monoisotopic (exact) mass is 370 g/mol. The second kappa shape index (κ2) is 6.18. The molecule has 0 radical (unpaired) electrons. The summed E-state index contributed by atoms with van der Waals surface area (Å²) in [5.74, 6) is -0.986. The van der Waals surface area contributed by atoms with Gasteiger partial charge in [0.15, 0.2) is 10.8 Å². The van der Waals surface area contributed by atoms with Gasteiger partial charge in [0.25, 0.3) is 0 Å². The zero-order valence-corrected chi connectivity index (χ0v) is 14.4. The third-order valence-corrected chi connectivity index (χ3v) is 4.21. The molecule has 0 aliphatic carbocycles. The van der Waals surface area contributed by atoms with Crippen LogP contribution in [0, 0.1) is 11.6 Å². The number of thiol groups is 1. The van der Waals surface area contributed by atoms with E-state index in [1.165, 1.54) is 10.6 Å². The molecule has 0 amide bonds. The van der Waals surface area contributed by atoms with Crippen molar-refractivity contribution in [2.75, 3.05) is 0 Å². The molecule has 0 aliphatic heterocycles. The van der Waals surface area contributed by atoms with E-state index in [4.69, 9.17) is 11.6 Å². The zero-order valence-electron chi connectivity index (χ0n) is 12.8. The van der Waals surface area contributed by atoms with Crippen LogP contribution in [-0.4, -0.2) is 18.5 Å². The Hall–Kier alpha value is -1.93. The van der Waals surface area contributed by atoms with Crippen molar-refractivity contribution in [2.24, 2.45) is 0 Å². The van der Waals surface area contributed by atoms with E-state index in [9.17, 15) is 13.6 Å². The molecule has 9 heteroatoms. The average molecular weight is 371 g/mol. The highest BCUT2D eigenvalue weighted by Crippen LogP contribution is 2.24. The van der Waals surface area contributed by atoms with Crippen molar-refractivity contribution < 1.29 is 8.78 Å². The molecule has 0 atom stereocenters. The Morgan fingerprint density at radius 2 is 2.00 bits per heavy atom. The number of imidazole rings is 1. The van der Waals surface area contributed by atoms with Gasteiger partial charge in [-0.3, -0.25) is 4.57 Å². The number of nitrogens with zero attached hydrogens (tertiary/aromatic N) is 4. The Morgan fingerprint density at radius 3 is 2.62 bits per heavy atom. The summed E-state index contributed by atoms with van der Waals surface area (Å²) in [5.41, 5.74) is 0.119. The van der Waals surface area contributed by atoms with E-state index in [0.29, 0.717) is 5.82 Å².